The Bertz CT molecular complexity index is 1250. The first kappa shape index (κ1) is 22.6. The quantitative estimate of drug-likeness (QED) is 0.551. The van der Waals surface area contributed by atoms with Gasteiger partial charge in [-0.2, -0.15) is 4.31 Å². The van der Waals surface area contributed by atoms with Crippen LogP contribution in [0.4, 0.5) is 10.1 Å². The minimum Gasteiger partial charge on any atom is -0.495 e. The lowest BCUT2D eigenvalue weighted by Crippen LogP contribution is -2.31. The highest BCUT2D eigenvalue weighted by Crippen LogP contribution is 2.40. The van der Waals surface area contributed by atoms with E-state index in [1.165, 1.54) is 47.8 Å². The normalized spacial score (nSPS) is 16.8. The van der Waals surface area contributed by atoms with Crippen molar-refractivity contribution in [1.29, 1.82) is 0 Å². The average molecular weight is 497 g/mol. The lowest BCUT2D eigenvalue weighted by molar-refractivity contribution is 0.102. The van der Waals surface area contributed by atoms with E-state index in [1.54, 1.807) is 6.07 Å². The molecule has 0 bridgehead atoms. The van der Waals surface area contributed by atoms with Crippen molar-refractivity contribution in [2.45, 2.75) is 23.8 Å². The van der Waals surface area contributed by atoms with Crippen molar-refractivity contribution in [2.75, 3.05) is 19.0 Å². The fourth-order valence-electron chi connectivity index (χ4n) is 3.43. The third-order valence-corrected chi connectivity index (χ3v) is 8.13. The van der Waals surface area contributed by atoms with Crippen LogP contribution in [0.25, 0.3) is 0 Å². The van der Waals surface area contributed by atoms with Crippen LogP contribution < -0.4 is 10.1 Å². The highest BCUT2D eigenvalue weighted by atomic mass is 35.5. The molecule has 0 radical (unpaired) electrons. The van der Waals surface area contributed by atoms with Crippen molar-refractivity contribution < 1.29 is 22.3 Å². The minimum absolute atomic E-state index is 0.0295. The van der Waals surface area contributed by atoms with Crippen molar-refractivity contribution in [3.05, 3.63) is 63.3 Å². The highest BCUT2D eigenvalue weighted by Gasteiger charge is 2.39. The van der Waals surface area contributed by atoms with Crippen LogP contribution in [0.15, 0.2) is 47.4 Å². The average Bonchev–Trinajstić information content (AvgIpc) is 3.45. The molecule has 0 aliphatic carbocycles. The SMILES string of the molecule is COc1ccc(Cl)cc1S(=O)(=O)N1CCC[C@@H]1c1nnc(C(=O)Nc2ccc(F)cc2)s1. The maximum Gasteiger partial charge on any atom is 0.286 e. The molecule has 1 aliphatic heterocycles. The zero-order valence-electron chi connectivity index (χ0n) is 16.8. The zero-order chi connectivity index (χ0) is 22.9. The van der Waals surface area contributed by atoms with Crippen LogP contribution in [-0.2, 0) is 10.0 Å². The molecule has 168 valence electrons. The van der Waals surface area contributed by atoms with Gasteiger partial charge < -0.3 is 10.1 Å². The van der Waals surface area contributed by atoms with Crippen molar-refractivity contribution >= 4 is 44.6 Å². The maximum atomic E-state index is 13.4. The predicted octanol–water partition coefficient (Wildman–Crippen LogP) is 4.12. The van der Waals surface area contributed by atoms with E-state index in [1.807, 2.05) is 0 Å². The molecule has 1 saturated heterocycles. The molecule has 1 aliphatic rings. The summed E-state index contributed by atoms with van der Waals surface area (Å²) in [6.45, 7) is 0.291. The monoisotopic (exact) mass is 496 g/mol. The number of carbonyl (C=O) groups is 1. The Morgan fingerprint density at radius 1 is 1.25 bits per heavy atom. The smallest absolute Gasteiger partial charge is 0.286 e. The number of hydrogen-bond acceptors (Lipinski definition) is 7. The minimum atomic E-state index is -3.94. The van der Waals surface area contributed by atoms with Gasteiger partial charge in [0.2, 0.25) is 15.0 Å². The predicted molar refractivity (Wildman–Crippen MR) is 118 cm³/mol. The molecule has 0 unspecified atom stereocenters. The van der Waals surface area contributed by atoms with Gasteiger partial charge in [-0.3, -0.25) is 4.79 Å². The summed E-state index contributed by atoms with van der Waals surface area (Å²) in [5, 5.41) is 11.4. The molecule has 0 spiro atoms. The summed E-state index contributed by atoms with van der Waals surface area (Å²) in [5.74, 6) is -0.735. The number of benzene rings is 2. The van der Waals surface area contributed by atoms with Gasteiger partial charge in [0.15, 0.2) is 0 Å². The zero-order valence-corrected chi connectivity index (χ0v) is 19.2. The largest absolute Gasteiger partial charge is 0.495 e. The van der Waals surface area contributed by atoms with Crippen LogP contribution >= 0.6 is 22.9 Å². The van der Waals surface area contributed by atoms with Crippen LogP contribution in [-0.4, -0.2) is 42.5 Å². The number of carbonyl (C=O) groups excluding carboxylic acids is 1. The van der Waals surface area contributed by atoms with E-state index in [0.29, 0.717) is 30.1 Å². The van der Waals surface area contributed by atoms with E-state index < -0.39 is 27.8 Å². The first-order valence-electron chi connectivity index (χ1n) is 9.55. The Morgan fingerprint density at radius 3 is 2.72 bits per heavy atom. The Balaban J connectivity index is 1.58. The number of rotatable bonds is 6. The number of hydrogen-bond donors (Lipinski definition) is 1. The van der Waals surface area contributed by atoms with Gasteiger partial charge in [0.1, 0.15) is 21.5 Å². The molecule has 3 aromatic rings. The Kier molecular flexibility index (Phi) is 6.42. The molecule has 1 amide bonds. The molecule has 2 heterocycles. The fraction of sp³-hybridized carbons (Fsp3) is 0.250. The number of amides is 1. The van der Waals surface area contributed by atoms with E-state index in [-0.39, 0.29) is 20.7 Å². The number of nitrogens with one attached hydrogen (secondary N) is 1. The molecule has 32 heavy (non-hydrogen) atoms. The van der Waals surface area contributed by atoms with Gasteiger partial charge in [0.05, 0.1) is 13.2 Å². The molecule has 1 aromatic heterocycles. The van der Waals surface area contributed by atoms with Gasteiger partial charge in [0, 0.05) is 17.3 Å². The van der Waals surface area contributed by atoms with E-state index in [4.69, 9.17) is 16.3 Å². The molecule has 2 aromatic carbocycles. The van der Waals surface area contributed by atoms with Crippen molar-refractivity contribution in [3.63, 3.8) is 0 Å². The van der Waals surface area contributed by atoms with Crippen molar-refractivity contribution in [2.24, 2.45) is 0 Å². The van der Waals surface area contributed by atoms with Gasteiger partial charge in [0.25, 0.3) is 5.91 Å². The molecule has 1 fully saturated rings. The molecule has 8 nitrogen and oxygen atoms in total. The molecule has 1 N–H and O–H groups in total. The topological polar surface area (TPSA) is 101 Å². The number of ether oxygens (including phenoxy) is 1. The summed E-state index contributed by atoms with van der Waals surface area (Å²) in [7, 11) is -2.55. The van der Waals surface area contributed by atoms with Crippen LogP contribution in [0, 0.1) is 5.82 Å². The fourth-order valence-corrected chi connectivity index (χ4v) is 6.47. The second-order valence-electron chi connectivity index (χ2n) is 6.98. The van der Waals surface area contributed by atoms with Crippen molar-refractivity contribution in [1.82, 2.24) is 14.5 Å². The molecule has 4 rings (SSSR count). The van der Waals surface area contributed by atoms with E-state index >= 15 is 0 Å². The van der Waals surface area contributed by atoms with Gasteiger partial charge in [-0.25, -0.2) is 12.8 Å². The van der Waals surface area contributed by atoms with Crippen LogP contribution in [0.5, 0.6) is 5.75 Å². The number of aromatic nitrogens is 2. The van der Waals surface area contributed by atoms with Crippen LogP contribution in [0.1, 0.15) is 33.7 Å². The lowest BCUT2D eigenvalue weighted by atomic mass is 10.2. The number of methoxy groups -OCH3 is 1. The summed E-state index contributed by atoms with van der Waals surface area (Å²) in [6.07, 6.45) is 1.17. The number of sulfonamides is 1. The van der Waals surface area contributed by atoms with E-state index in [9.17, 15) is 17.6 Å². The maximum absolute atomic E-state index is 13.4. The summed E-state index contributed by atoms with van der Waals surface area (Å²) in [6, 6.07) is 9.16. The summed E-state index contributed by atoms with van der Waals surface area (Å²) >= 11 is 7.05. The van der Waals surface area contributed by atoms with Gasteiger partial charge in [-0.05, 0) is 55.3 Å². The van der Waals surface area contributed by atoms with Gasteiger partial charge in [-0.1, -0.05) is 22.9 Å². The highest BCUT2D eigenvalue weighted by molar-refractivity contribution is 7.89. The van der Waals surface area contributed by atoms with Crippen molar-refractivity contribution in [3.8, 4) is 5.75 Å². The molecule has 12 heteroatoms. The van der Waals surface area contributed by atoms with Gasteiger partial charge >= 0.3 is 0 Å². The van der Waals surface area contributed by atoms with Crippen LogP contribution in [0.2, 0.25) is 5.02 Å². The standard InChI is InChI=1S/C20H18ClFN4O4S2/c1-30-16-9-4-12(21)11-17(16)32(28,29)26-10-2-3-15(26)19-24-25-20(31-19)18(27)23-14-7-5-13(22)6-8-14/h4-9,11,15H,2-3,10H2,1H3,(H,23,27)/t15-/m1/s1. The molecule has 1 atom stereocenters. The number of nitrogens with zero attached hydrogens (tertiary/aromatic N) is 3. The molecular formula is C20H18ClFN4O4S2. The third kappa shape index (κ3) is 4.46. The Morgan fingerprint density at radius 2 is 2.00 bits per heavy atom. The Hall–Kier alpha value is -2.60. The van der Waals surface area contributed by atoms with E-state index in [0.717, 1.165) is 11.3 Å². The second kappa shape index (κ2) is 9.10. The third-order valence-electron chi connectivity index (χ3n) is 4.94. The summed E-state index contributed by atoms with van der Waals surface area (Å²) < 4.78 is 46.4. The number of halogens is 2. The first-order chi connectivity index (χ1) is 15.3. The first-order valence-corrected chi connectivity index (χ1v) is 12.2. The Labute approximate surface area is 193 Å². The number of anilines is 1. The van der Waals surface area contributed by atoms with Crippen LogP contribution in [0.3, 0.4) is 0 Å². The molecular weight excluding hydrogens is 479 g/mol. The lowest BCUT2D eigenvalue weighted by Gasteiger charge is -2.23. The van der Waals surface area contributed by atoms with E-state index in [2.05, 4.69) is 15.5 Å². The molecule has 0 saturated carbocycles. The summed E-state index contributed by atoms with van der Waals surface area (Å²) in [4.78, 5) is 12.5. The summed E-state index contributed by atoms with van der Waals surface area (Å²) in [5.41, 5.74) is 0.409. The van der Waals surface area contributed by atoms with Gasteiger partial charge in [-0.15, -0.1) is 10.2 Å². The second-order valence-corrected chi connectivity index (χ2v) is 10.3.